The van der Waals surface area contributed by atoms with Crippen LogP contribution in [-0.4, -0.2) is 47.8 Å². The van der Waals surface area contributed by atoms with Crippen molar-refractivity contribution in [2.24, 2.45) is 0 Å². The van der Waals surface area contributed by atoms with Gasteiger partial charge in [0.2, 0.25) is 11.6 Å². The number of rotatable bonds is 1. The highest BCUT2D eigenvalue weighted by Crippen LogP contribution is 2.27. The van der Waals surface area contributed by atoms with E-state index in [1.54, 1.807) is 20.8 Å². The molecular formula is C15H19F4N3O2. The van der Waals surface area contributed by atoms with Crippen molar-refractivity contribution in [1.29, 1.82) is 0 Å². The van der Waals surface area contributed by atoms with E-state index in [-0.39, 0.29) is 19.6 Å². The number of anilines is 1. The van der Waals surface area contributed by atoms with Gasteiger partial charge in [0.05, 0.1) is 0 Å². The second-order valence-electron chi connectivity index (χ2n) is 6.48. The van der Waals surface area contributed by atoms with E-state index in [0.29, 0.717) is 13.0 Å². The average molecular weight is 349 g/mol. The van der Waals surface area contributed by atoms with Gasteiger partial charge in [-0.3, -0.25) is 0 Å². The number of carbonyl (C=O) groups is 1. The second kappa shape index (κ2) is 6.82. The van der Waals surface area contributed by atoms with Crippen molar-refractivity contribution in [3.8, 4) is 0 Å². The van der Waals surface area contributed by atoms with Crippen molar-refractivity contribution < 1.29 is 27.1 Å². The zero-order chi connectivity index (χ0) is 18.1. The summed E-state index contributed by atoms with van der Waals surface area (Å²) in [5, 5.41) is 0. The third-order valence-corrected chi connectivity index (χ3v) is 3.44. The van der Waals surface area contributed by atoms with E-state index in [2.05, 4.69) is 4.98 Å². The number of halogens is 4. The van der Waals surface area contributed by atoms with Crippen LogP contribution in [0.15, 0.2) is 0 Å². The molecule has 1 aromatic rings. The molecule has 0 aliphatic carbocycles. The van der Waals surface area contributed by atoms with Crippen LogP contribution in [0, 0.1) is 23.5 Å². The number of nitrogens with zero attached hydrogens (tertiary/aromatic N) is 3. The summed E-state index contributed by atoms with van der Waals surface area (Å²) in [5.41, 5.74) is -1.47. The summed E-state index contributed by atoms with van der Waals surface area (Å²) in [6, 6.07) is 0. The fraction of sp³-hybridized carbons (Fsp3) is 0.600. The van der Waals surface area contributed by atoms with Crippen LogP contribution in [0.1, 0.15) is 27.2 Å². The van der Waals surface area contributed by atoms with Crippen molar-refractivity contribution in [3.63, 3.8) is 0 Å². The fourth-order valence-corrected chi connectivity index (χ4v) is 2.40. The number of hydrogen-bond acceptors (Lipinski definition) is 4. The fourth-order valence-electron chi connectivity index (χ4n) is 2.40. The highest BCUT2D eigenvalue weighted by atomic mass is 19.2. The van der Waals surface area contributed by atoms with Crippen LogP contribution in [-0.2, 0) is 4.74 Å². The molecule has 0 saturated carbocycles. The number of hydrogen-bond donors (Lipinski definition) is 0. The minimum Gasteiger partial charge on any atom is -0.444 e. The Labute approximate surface area is 137 Å². The Morgan fingerprint density at radius 3 is 2.12 bits per heavy atom. The van der Waals surface area contributed by atoms with Gasteiger partial charge in [-0.25, -0.2) is 4.79 Å². The third kappa shape index (κ3) is 4.07. The molecule has 0 spiro atoms. The Morgan fingerprint density at radius 1 is 1.00 bits per heavy atom. The summed E-state index contributed by atoms with van der Waals surface area (Å²) in [7, 11) is 0. The molecule has 1 amide bonds. The first kappa shape index (κ1) is 18.3. The lowest BCUT2D eigenvalue weighted by Gasteiger charge is -2.27. The van der Waals surface area contributed by atoms with E-state index in [1.807, 2.05) is 0 Å². The first-order valence-corrected chi connectivity index (χ1v) is 7.53. The maximum absolute atomic E-state index is 13.8. The molecule has 0 atom stereocenters. The lowest BCUT2D eigenvalue weighted by Crippen LogP contribution is -2.39. The lowest BCUT2D eigenvalue weighted by molar-refractivity contribution is 0.0263. The van der Waals surface area contributed by atoms with Crippen LogP contribution in [0.25, 0.3) is 0 Å². The van der Waals surface area contributed by atoms with Crippen LogP contribution in [0.4, 0.5) is 28.0 Å². The first-order valence-electron chi connectivity index (χ1n) is 7.53. The summed E-state index contributed by atoms with van der Waals surface area (Å²) >= 11 is 0. The summed E-state index contributed by atoms with van der Waals surface area (Å²) < 4.78 is 59.5. The second-order valence-corrected chi connectivity index (χ2v) is 6.48. The molecule has 1 aliphatic rings. The van der Waals surface area contributed by atoms with Crippen molar-refractivity contribution in [2.75, 3.05) is 31.1 Å². The van der Waals surface area contributed by atoms with Crippen LogP contribution in [0.5, 0.6) is 0 Å². The number of ether oxygens (including phenoxy) is 1. The Bertz CT molecular complexity index is 608. The highest BCUT2D eigenvalue weighted by molar-refractivity contribution is 5.68. The highest BCUT2D eigenvalue weighted by Gasteiger charge is 2.29. The van der Waals surface area contributed by atoms with Crippen LogP contribution in [0.2, 0.25) is 0 Å². The minimum atomic E-state index is -1.70. The summed E-state index contributed by atoms with van der Waals surface area (Å²) in [5.74, 6) is -6.48. The summed E-state index contributed by atoms with van der Waals surface area (Å²) in [4.78, 5) is 17.2. The van der Waals surface area contributed by atoms with E-state index in [4.69, 9.17) is 4.74 Å². The molecule has 24 heavy (non-hydrogen) atoms. The van der Waals surface area contributed by atoms with Gasteiger partial charge in [-0.1, -0.05) is 0 Å². The molecule has 1 saturated heterocycles. The maximum atomic E-state index is 13.8. The number of carbonyl (C=O) groups excluding carboxylic acids is 1. The van der Waals surface area contributed by atoms with Crippen LogP contribution in [0.3, 0.4) is 0 Å². The van der Waals surface area contributed by atoms with Gasteiger partial charge < -0.3 is 14.5 Å². The molecule has 1 aliphatic heterocycles. The van der Waals surface area contributed by atoms with Crippen molar-refractivity contribution in [3.05, 3.63) is 23.5 Å². The molecule has 0 bridgehead atoms. The molecule has 0 aromatic carbocycles. The van der Waals surface area contributed by atoms with Gasteiger partial charge in [0.25, 0.3) is 11.9 Å². The van der Waals surface area contributed by atoms with E-state index in [0.717, 1.165) is 0 Å². The van der Waals surface area contributed by atoms with Gasteiger partial charge in [0.1, 0.15) is 11.3 Å². The van der Waals surface area contributed by atoms with Gasteiger partial charge >= 0.3 is 6.09 Å². The molecule has 0 N–H and O–H groups in total. The van der Waals surface area contributed by atoms with E-state index in [1.165, 1.54) is 9.80 Å². The molecule has 0 radical (unpaired) electrons. The lowest BCUT2D eigenvalue weighted by atomic mass is 10.2. The molecule has 1 aromatic heterocycles. The molecule has 134 valence electrons. The molecule has 0 unspecified atom stereocenters. The minimum absolute atomic E-state index is 0.00990. The Morgan fingerprint density at radius 2 is 1.58 bits per heavy atom. The SMILES string of the molecule is CC(C)(C)OC(=O)N1CCCN(c2c(F)c(F)nc(F)c2F)CC1. The quantitative estimate of drug-likeness (QED) is 0.577. The summed E-state index contributed by atoms with van der Waals surface area (Å²) in [6.07, 6.45) is -0.179. The maximum Gasteiger partial charge on any atom is 0.410 e. The Kier molecular flexibility index (Phi) is 5.19. The van der Waals surface area contributed by atoms with Crippen molar-refractivity contribution in [1.82, 2.24) is 9.88 Å². The van der Waals surface area contributed by atoms with E-state index in [9.17, 15) is 22.4 Å². The number of amides is 1. The molecule has 2 heterocycles. The van der Waals surface area contributed by atoms with E-state index < -0.39 is 40.9 Å². The predicted octanol–water partition coefficient (Wildman–Crippen LogP) is 3.09. The van der Waals surface area contributed by atoms with Crippen molar-refractivity contribution in [2.45, 2.75) is 32.8 Å². The zero-order valence-corrected chi connectivity index (χ0v) is 13.7. The smallest absolute Gasteiger partial charge is 0.410 e. The summed E-state index contributed by atoms with van der Waals surface area (Å²) in [6.45, 7) is 5.74. The van der Waals surface area contributed by atoms with Gasteiger partial charge in [0, 0.05) is 26.2 Å². The molecule has 9 heteroatoms. The standard InChI is InChI=1S/C15H19F4N3O2/c1-15(2,3)24-14(23)22-6-4-5-21(7-8-22)11-9(16)12(18)20-13(19)10(11)17/h4-8H2,1-3H3. The average Bonchev–Trinajstić information content (AvgIpc) is 2.70. The van der Waals surface area contributed by atoms with Gasteiger partial charge in [-0.05, 0) is 27.2 Å². The van der Waals surface area contributed by atoms with Crippen LogP contribution >= 0.6 is 0 Å². The monoisotopic (exact) mass is 349 g/mol. The molecular weight excluding hydrogens is 330 g/mol. The molecule has 5 nitrogen and oxygen atoms in total. The predicted molar refractivity (Wildman–Crippen MR) is 78.7 cm³/mol. The topological polar surface area (TPSA) is 45.7 Å². The largest absolute Gasteiger partial charge is 0.444 e. The van der Waals surface area contributed by atoms with E-state index >= 15 is 0 Å². The van der Waals surface area contributed by atoms with Gasteiger partial charge in [-0.2, -0.15) is 22.5 Å². The first-order chi connectivity index (χ1) is 11.1. The Hall–Kier alpha value is -2.06. The zero-order valence-electron chi connectivity index (χ0n) is 13.7. The Balaban J connectivity index is 2.16. The molecule has 2 rings (SSSR count). The molecule has 1 fully saturated rings. The van der Waals surface area contributed by atoms with Gasteiger partial charge in [0.15, 0.2) is 0 Å². The van der Waals surface area contributed by atoms with Crippen molar-refractivity contribution >= 4 is 11.8 Å². The normalized spacial score (nSPS) is 16.1. The van der Waals surface area contributed by atoms with Crippen LogP contribution < -0.4 is 4.90 Å². The number of aromatic nitrogens is 1. The third-order valence-electron chi connectivity index (χ3n) is 3.44. The number of pyridine rings is 1. The van der Waals surface area contributed by atoms with Gasteiger partial charge in [-0.15, -0.1) is 0 Å².